The minimum Gasteiger partial charge on any atom is -0.453 e. The lowest BCUT2D eigenvalue weighted by atomic mass is 9.94. The second-order valence-electron chi connectivity index (χ2n) is 4.76. The van der Waals surface area contributed by atoms with Crippen LogP contribution in [0.25, 0.3) is 0 Å². The molecule has 0 unspecified atom stereocenters. The Morgan fingerprint density at radius 3 is 2.43 bits per heavy atom. The number of hydrogen-bond donors (Lipinski definition) is 0. The van der Waals surface area contributed by atoms with E-state index in [2.05, 4.69) is 0 Å². The van der Waals surface area contributed by atoms with Crippen molar-refractivity contribution in [1.82, 2.24) is 0 Å². The Morgan fingerprint density at radius 2 is 1.71 bits per heavy atom. The number of aryl methyl sites for hydroxylation is 1. The van der Waals surface area contributed by atoms with Crippen LogP contribution in [0.2, 0.25) is 5.02 Å². The molecule has 21 heavy (non-hydrogen) atoms. The van der Waals surface area contributed by atoms with Crippen LogP contribution in [-0.4, -0.2) is 11.6 Å². The number of rotatable bonds is 2. The maximum atomic E-state index is 12.4. The molecule has 3 rings (SSSR count). The summed E-state index contributed by atoms with van der Waals surface area (Å²) in [4.78, 5) is 24.4. The van der Waals surface area contributed by atoms with Crippen molar-refractivity contribution in [3.05, 3.63) is 76.0 Å². The van der Waals surface area contributed by atoms with Crippen LogP contribution in [0.5, 0.6) is 5.75 Å². The molecule has 0 radical (unpaired) electrons. The molecule has 4 heteroatoms. The fourth-order valence-corrected chi connectivity index (χ4v) is 2.44. The summed E-state index contributed by atoms with van der Waals surface area (Å²) in [5.74, 6) is 0.0154. The van der Waals surface area contributed by atoms with Gasteiger partial charge in [-0.1, -0.05) is 35.9 Å². The summed E-state index contributed by atoms with van der Waals surface area (Å²) in [7, 11) is 0. The Kier molecular flexibility index (Phi) is 3.35. The maximum absolute atomic E-state index is 12.4. The van der Waals surface area contributed by atoms with Crippen molar-refractivity contribution in [1.29, 1.82) is 0 Å². The van der Waals surface area contributed by atoms with Crippen molar-refractivity contribution < 1.29 is 14.3 Å². The van der Waals surface area contributed by atoms with Gasteiger partial charge in [0, 0.05) is 22.2 Å². The number of carbonyl (C=O) groups excluding carboxylic acids is 2. The van der Waals surface area contributed by atoms with E-state index in [0.29, 0.717) is 21.9 Å². The average Bonchev–Trinajstić information content (AvgIpc) is 2.47. The highest BCUT2D eigenvalue weighted by Crippen LogP contribution is 2.27. The highest BCUT2D eigenvalue weighted by atomic mass is 35.5. The molecule has 2 aromatic rings. The van der Waals surface area contributed by atoms with Crippen molar-refractivity contribution in [2.75, 3.05) is 0 Å². The summed E-state index contributed by atoms with van der Waals surface area (Å²) in [5, 5.41) is 0.588. The SMILES string of the molecule is Cc1cc(Cl)ccc1OC1=CC(=O)c2ccccc2C1=O. The van der Waals surface area contributed by atoms with Crippen molar-refractivity contribution in [3.63, 3.8) is 0 Å². The van der Waals surface area contributed by atoms with Gasteiger partial charge in [0.25, 0.3) is 0 Å². The zero-order valence-electron chi connectivity index (χ0n) is 11.2. The van der Waals surface area contributed by atoms with Gasteiger partial charge < -0.3 is 4.74 Å². The second kappa shape index (κ2) is 5.19. The molecule has 104 valence electrons. The number of carbonyl (C=O) groups is 2. The first kappa shape index (κ1) is 13.6. The lowest BCUT2D eigenvalue weighted by Gasteiger charge is -2.16. The largest absolute Gasteiger partial charge is 0.453 e. The third-order valence-corrected chi connectivity index (χ3v) is 3.52. The van der Waals surface area contributed by atoms with Gasteiger partial charge in [-0.3, -0.25) is 9.59 Å². The van der Waals surface area contributed by atoms with E-state index in [0.717, 1.165) is 5.56 Å². The minimum absolute atomic E-state index is 0.0316. The molecule has 0 fully saturated rings. The molecule has 0 saturated heterocycles. The lowest BCUT2D eigenvalue weighted by molar-refractivity contribution is 0.0946. The van der Waals surface area contributed by atoms with Gasteiger partial charge in [0.05, 0.1) is 0 Å². The quantitative estimate of drug-likeness (QED) is 0.842. The van der Waals surface area contributed by atoms with E-state index in [4.69, 9.17) is 16.3 Å². The first-order valence-corrected chi connectivity index (χ1v) is 6.78. The molecule has 1 aliphatic carbocycles. The van der Waals surface area contributed by atoms with E-state index >= 15 is 0 Å². The third-order valence-electron chi connectivity index (χ3n) is 3.28. The van der Waals surface area contributed by atoms with Crippen LogP contribution in [0.15, 0.2) is 54.3 Å². The molecule has 1 aliphatic rings. The Morgan fingerprint density at radius 1 is 1.00 bits per heavy atom. The highest BCUT2D eigenvalue weighted by Gasteiger charge is 2.27. The third kappa shape index (κ3) is 2.48. The number of Topliss-reactive ketones (excluding diaryl/α,β-unsaturated/α-hetero) is 1. The van der Waals surface area contributed by atoms with Crippen molar-refractivity contribution in [2.24, 2.45) is 0 Å². The average molecular weight is 299 g/mol. The Bertz CT molecular complexity index is 790. The number of fused-ring (bicyclic) bond motifs is 1. The van der Waals surface area contributed by atoms with Gasteiger partial charge in [-0.2, -0.15) is 0 Å². The van der Waals surface area contributed by atoms with Gasteiger partial charge >= 0.3 is 0 Å². The van der Waals surface area contributed by atoms with Crippen LogP contribution in [0.3, 0.4) is 0 Å². The Balaban J connectivity index is 1.97. The van der Waals surface area contributed by atoms with E-state index in [9.17, 15) is 9.59 Å². The monoisotopic (exact) mass is 298 g/mol. The smallest absolute Gasteiger partial charge is 0.229 e. The topological polar surface area (TPSA) is 43.4 Å². The van der Waals surface area contributed by atoms with Crippen molar-refractivity contribution >= 4 is 23.2 Å². The molecule has 0 saturated carbocycles. The summed E-state index contributed by atoms with van der Waals surface area (Å²) in [6.07, 6.45) is 1.23. The molecular formula is C17H11ClO3. The molecule has 0 atom stereocenters. The lowest BCUT2D eigenvalue weighted by Crippen LogP contribution is -2.20. The van der Waals surface area contributed by atoms with E-state index in [1.807, 2.05) is 6.92 Å². The molecule has 0 aliphatic heterocycles. The zero-order valence-corrected chi connectivity index (χ0v) is 12.0. The summed E-state index contributed by atoms with van der Waals surface area (Å²) >= 11 is 5.89. The van der Waals surface area contributed by atoms with E-state index in [1.165, 1.54) is 6.08 Å². The first-order valence-electron chi connectivity index (χ1n) is 6.40. The van der Waals surface area contributed by atoms with Gasteiger partial charge in [-0.25, -0.2) is 0 Å². The van der Waals surface area contributed by atoms with Gasteiger partial charge in [0.2, 0.25) is 5.78 Å². The van der Waals surface area contributed by atoms with Crippen molar-refractivity contribution in [3.8, 4) is 5.75 Å². The summed E-state index contributed by atoms with van der Waals surface area (Å²) in [5.41, 5.74) is 1.57. The van der Waals surface area contributed by atoms with Crippen LogP contribution in [0.1, 0.15) is 26.3 Å². The predicted molar refractivity (Wildman–Crippen MR) is 80.0 cm³/mol. The molecule has 0 heterocycles. The Hall–Kier alpha value is -2.39. The highest BCUT2D eigenvalue weighted by molar-refractivity contribution is 6.30. The predicted octanol–water partition coefficient (Wildman–Crippen LogP) is 3.99. The summed E-state index contributed by atoms with van der Waals surface area (Å²) < 4.78 is 5.61. The molecule has 0 spiro atoms. The van der Waals surface area contributed by atoms with Gasteiger partial charge in [0.1, 0.15) is 5.75 Å². The molecule has 3 nitrogen and oxygen atoms in total. The number of allylic oxidation sites excluding steroid dienone is 2. The summed E-state index contributed by atoms with van der Waals surface area (Å²) in [6.45, 7) is 1.82. The number of ether oxygens (including phenoxy) is 1. The van der Waals surface area contributed by atoms with Gasteiger partial charge in [-0.15, -0.1) is 0 Å². The standard InChI is InChI=1S/C17H11ClO3/c1-10-8-11(18)6-7-15(10)21-16-9-14(19)12-4-2-3-5-13(12)17(16)20/h2-9H,1H3. The van der Waals surface area contributed by atoms with Crippen molar-refractivity contribution in [2.45, 2.75) is 6.92 Å². The van der Waals surface area contributed by atoms with E-state index in [1.54, 1.807) is 42.5 Å². The maximum Gasteiger partial charge on any atom is 0.229 e. The summed E-state index contributed by atoms with van der Waals surface area (Å²) in [6, 6.07) is 11.8. The van der Waals surface area contributed by atoms with Crippen LogP contribution in [0.4, 0.5) is 0 Å². The molecule has 0 bridgehead atoms. The normalized spacial score (nSPS) is 13.7. The van der Waals surface area contributed by atoms with E-state index in [-0.39, 0.29) is 17.3 Å². The van der Waals surface area contributed by atoms with Crippen LogP contribution in [-0.2, 0) is 0 Å². The number of ketones is 2. The first-order chi connectivity index (χ1) is 10.1. The van der Waals surface area contributed by atoms with Gasteiger partial charge in [-0.05, 0) is 30.7 Å². The van der Waals surface area contributed by atoms with Crippen LogP contribution >= 0.6 is 11.6 Å². The minimum atomic E-state index is -0.292. The number of halogens is 1. The van der Waals surface area contributed by atoms with Crippen LogP contribution < -0.4 is 4.74 Å². The van der Waals surface area contributed by atoms with E-state index < -0.39 is 0 Å². The molecule has 2 aromatic carbocycles. The fraction of sp³-hybridized carbons (Fsp3) is 0.0588. The molecule has 0 N–H and O–H groups in total. The second-order valence-corrected chi connectivity index (χ2v) is 5.20. The molecular weight excluding hydrogens is 288 g/mol. The van der Waals surface area contributed by atoms with Crippen LogP contribution in [0, 0.1) is 6.92 Å². The van der Waals surface area contributed by atoms with Gasteiger partial charge in [0.15, 0.2) is 11.5 Å². The zero-order chi connectivity index (χ0) is 15.0. The molecule has 0 amide bonds. The fourth-order valence-electron chi connectivity index (χ4n) is 2.21. The molecule has 0 aromatic heterocycles. The number of benzene rings is 2. The Labute approximate surface area is 126 Å². The number of hydrogen-bond acceptors (Lipinski definition) is 3.